The highest BCUT2D eigenvalue weighted by atomic mass is 32.1. The summed E-state index contributed by atoms with van der Waals surface area (Å²) in [6, 6.07) is 11.8. The van der Waals surface area contributed by atoms with Crippen molar-refractivity contribution in [2.45, 2.75) is 12.8 Å². The second-order valence-electron chi connectivity index (χ2n) is 5.79. The van der Waals surface area contributed by atoms with Crippen LogP contribution in [0.2, 0.25) is 0 Å². The van der Waals surface area contributed by atoms with Crippen molar-refractivity contribution in [1.29, 1.82) is 0 Å². The average molecular weight is 373 g/mol. The minimum absolute atomic E-state index is 0.0123. The number of anilines is 3. The normalized spacial score (nSPS) is 10.6. The second-order valence-corrected chi connectivity index (χ2v) is 7.85. The molecule has 25 heavy (non-hydrogen) atoms. The van der Waals surface area contributed by atoms with Crippen LogP contribution in [0.4, 0.5) is 16.5 Å². The molecule has 0 aliphatic heterocycles. The first-order valence-electron chi connectivity index (χ1n) is 7.89. The fraction of sp³-hybridized carbons (Fsp3) is 0.222. The van der Waals surface area contributed by atoms with Gasteiger partial charge < -0.3 is 16.0 Å². The van der Waals surface area contributed by atoms with Crippen LogP contribution in [0.15, 0.2) is 41.8 Å². The van der Waals surface area contributed by atoms with E-state index in [-0.39, 0.29) is 5.91 Å². The van der Waals surface area contributed by atoms with E-state index in [1.165, 1.54) is 11.3 Å². The number of nitrogens with two attached hydrogens (primary N) is 1. The van der Waals surface area contributed by atoms with Crippen LogP contribution in [0.1, 0.15) is 11.3 Å². The molecule has 0 spiro atoms. The van der Waals surface area contributed by atoms with Gasteiger partial charge in [0.1, 0.15) is 0 Å². The van der Waals surface area contributed by atoms with Crippen LogP contribution in [-0.4, -0.2) is 25.0 Å². The minimum atomic E-state index is -0.0123. The highest BCUT2D eigenvalue weighted by molar-refractivity contribution is 7.17. The average Bonchev–Trinajstić information content (AvgIpc) is 3.22. The van der Waals surface area contributed by atoms with Crippen molar-refractivity contribution in [3.63, 3.8) is 0 Å². The summed E-state index contributed by atoms with van der Waals surface area (Å²) in [6.45, 7) is 0. The lowest BCUT2D eigenvalue weighted by Crippen LogP contribution is -2.13. The van der Waals surface area contributed by atoms with E-state index < -0.39 is 0 Å². The highest BCUT2D eigenvalue weighted by Gasteiger charge is 2.14. The van der Waals surface area contributed by atoms with Crippen LogP contribution < -0.4 is 16.0 Å². The Morgan fingerprint density at radius 2 is 2.00 bits per heavy atom. The molecular formula is C18H20N4OS2. The molecule has 3 N–H and O–H groups in total. The third kappa shape index (κ3) is 4.37. The van der Waals surface area contributed by atoms with Gasteiger partial charge in [-0.15, -0.1) is 22.7 Å². The SMILES string of the molecule is CN(C)c1ccc(NC(=O)CCc2sc(N)nc2-c2cccs2)cc1. The number of nitrogens with one attached hydrogen (secondary N) is 1. The van der Waals surface area contributed by atoms with Gasteiger partial charge in [-0.1, -0.05) is 6.07 Å². The molecule has 0 saturated heterocycles. The lowest BCUT2D eigenvalue weighted by Gasteiger charge is -2.13. The number of aryl methyl sites for hydroxylation is 1. The van der Waals surface area contributed by atoms with E-state index in [9.17, 15) is 4.79 Å². The molecule has 1 aromatic carbocycles. The number of benzene rings is 1. The number of nitrogens with zero attached hydrogens (tertiary/aromatic N) is 2. The molecule has 3 aromatic rings. The highest BCUT2D eigenvalue weighted by Crippen LogP contribution is 2.33. The van der Waals surface area contributed by atoms with Gasteiger partial charge in [0.25, 0.3) is 0 Å². The Labute approximate surface area is 155 Å². The number of thiazole rings is 1. The number of nitrogen functional groups attached to an aromatic ring is 1. The number of carbonyl (C=O) groups excluding carboxylic acids is 1. The van der Waals surface area contributed by atoms with Crippen molar-refractivity contribution in [2.75, 3.05) is 30.0 Å². The molecule has 7 heteroatoms. The molecule has 2 aromatic heterocycles. The summed E-state index contributed by atoms with van der Waals surface area (Å²) >= 11 is 3.08. The minimum Gasteiger partial charge on any atom is -0.378 e. The first-order valence-corrected chi connectivity index (χ1v) is 9.59. The Morgan fingerprint density at radius 1 is 1.24 bits per heavy atom. The maximum atomic E-state index is 12.2. The predicted octanol–water partition coefficient (Wildman–Crippen LogP) is 4.09. The van der Waals surface area contributed by atoms with Crippen LogP contribution in [0, 0.1) is 0 Å². The molecule has 0 atom stereocenters. The summed E-state index contributed by atoms with van der Waals surface area (Å²) in [5.41, 5.74) is 8.66. The Kier molecular flexibility index (Phi) is 5.35. The van der Waals surface area contributed by atoms with Crippen molar-refractivity contribution < 1.29 is 4.79 Å². The van der Waals surface area contributed by atoms with Crippen LogP contribution in [0.3, 0.4) is 0 Å². The van der Waals surface area contributed by atoms with Gasteiger partial charge in [0, 0.05) is 36.8 Å². The van der Waals surface area contributed by atoms with E-state index >= 15 is 0 Å². The number of hydrogen-bond acceptors (Lipinski definition) is 6. The van der Waals surface area contributed by atoms with Crippen molar-refractivity contribution in [3.05, 3.63) is 46.7 Å². The zero-order chi connectivity index (χ0) is 17.8. The molecule has 0 aliphatic carbocycles. The number of carbonyl (C=O) groups is 1. The van der Waals surface area contributed by atoms with Crippen molar-refractivity contribution in [3.8, 4) is 10.6 Å². The molecule has 0 aliphatic rings. The van der Waals surface area contributed by atoms with Gasteiger partial charge in [-0.3, -0.25) is 4.79 Å². The summed E-state index contributed by atoms with van der Waals surface area (Å²) in [6.07, 6.45) is 1.03. The summed E-state index contributed by atoms with van der Waals surface area (Å²) in [7, 11) is 3.97. The van der Waals surface area contributed by atoms with Gasteiger partial charge in [0.05, 0.1) is 10.6 Å². The Bertz CT molecular complexity index is 839. The molecule has 2 heterocycles. The van der Waals surface area contributed by atoms with Crippen molar-refractivity contribution in [2.24, 2.45) is 0 Å². The summed E-state index contributed by atoms with van der Waals surface area (Å²) < 4.78 is 0. The fourth-order valence-corrected chi connectivity index (χ4v) is 4.09. The lowest BCUT2D eigenvalue weighted by atomic mass is 10.2. The lowest BCUT2D eigenvalue weighted by molar-refractivity contribution is -0.116. The van der Waals surface area contributed by atoms with Crippen LogP contribution in [0.25, 0.3) is 10.6 Å². The Hall–Kier alpha value is -2.38. The summed E-state index contributed by atoms with van der Waals surface area (Å²) in [5, 5.41) is 5.49. The molecule has 0 fully saturated rings. The quantitative estimate of drug-likeness (QED) is 0.684. The van der Waals surface area contributed by atoms with E-state index in [0.717, 1.165) is 26.8 Å². The summed E-state index contributed by atoms with van der Waals surface area (Å²) in [4.78, 5) is 20.8. The van der Waals surface area contributed by atoms with Crippen molar-refractivity contribution >= 4 is 45.1 Å². The molecule has 0 radical (unpaired) electrons. The standard InChI is InChI=1S/C18H20N4OS2/c1-22(2)13-7-5-12(6-8-13)20-16(23)10-9-15-17(21-18(19)25-15)14-4-3-11-24-14/h3-8,11H,9-10H2,1-2H3,(H2,19,21)(H,20,23). The van der Waals surface area contributed by atoms with Crippen LogP contribution in [0.5, 0.6) is 0 Å². The van der Waals surface area contributed by atoms with Gasteiger partial charge in [-0.25, -0.2) is 4.98 Å². The third-order valence-electron chi connectivity index (χ3n) is 3.72. The largest absolute Gasteiger partial charge is 0.378 e. The van der Waals surface area contributed by atoms with Gasteiger partial charge in [-0.2, -0.15) is 0 Å². The molecule has 0 unspecified atom stereocenters. The molecule has 5 nitrogen and oxygen atoms in total. The van der Waals surface area contributed by atoms with E-state index in [1.54, 1.807) is 11.3 Å². The molecule has 0 saturated carbocycles. The van der Waals surface area contributed by atoms with Gasteiger partial charge >= 0.3 is 0 Å². The Balaban J connectivity index is 1.61. The number of amides is 1. The second kappa shape index (κ2) is 7.67. The first-order chi connectivity index (χ1) is 12.0. The predicted molar refractivity (Wildman–Crippen MR) is 108 cm³/mol. The molecule has 1 amide bonds. The molecule has 0 bridgehead atoms. The number of aromatic nitrogens is 1. The monoisotopic (exact) mass is 372 g/mol. The number of thiophene rings is 1. The van der Waals surface area contributed by atoms with Gasteiger partial charge in [0.15, 0.2) is 5.13 Å². The zero-order valence-corrected chi connectivity index (χ0v) is 15.8. The smallest absolute Gasteiger partial charge is 0.224 e. The van der Waals surface area contributed by atoms with E-state index in [2.05, 4.69) is 10.3 Å². The number of rotatable bonds is 6. The van der Waals surface area contributed by atoms with Crippen LogP contribution >= 0.6 is 22.7 Å². The van der Waals surface area contributed by atoms with E-state index in [4.69, 9.17) is 5.73 Å². The maximum Gasteiger partial charge on any atom is 0.224 e. The van der Waals surface area contributed by atoms with Gasteiger partial charge in [0.2, 0.25) is 5.91 Å². The topological polar surface area (TPSA) is 71.2 Å². The fourth-order valence-electron chi connectivity index (χ4n) is 2.44. The Morgan fingerprint density at radius 3 is 2.64 bits per heavy atom. The third-order valence-corrected chi connectivity index (χ3v) is 5.54. The molecular weight excluding hydrogens is 352 g/mol. The van der Waals surface area contributed by atoms with E-state index in [1.807, 2.05) is 60.8 Å². The van der Waals surface area contributed by atoms with Crippen LogP contribution in [-0.2, 0) is 11.2 Å². The molecule has 130 valence electrons. The summed E-state index contributed by atoms with van der Waals surface area (Å²) in [5.74, 6) is -0.0123. The van der Waals surface area contributed by atoms with E-state index in [0.29, 0.717) is 18.0 Å². The van der Waals surface area contributed by atoms with Crippen molar-refractivity contribution in [1.82, 2.24) is 4.98 Å². The maximum absolute atomic E-state index is 12.2. The first kappa shape index (κ1) is 17.4. The zero-order valence-electron chi connectivity index (χ0n) is 14.2. The number of hydrogen-bond donors (Lipinski definition) is 2. The van der Waals surface area contributed by atoms with Gasteiger partial charge in [-0.05, 0) is 42.1 Å². The molecule has 3 rings (SSSR count).